The molecule has 0 saturated carbocycles. The van der Waals surface area contributed by atoms with Crippen molar-refractivity contribution in [3.05, 3.63) is 53.6 Å². The van der Waals surface area contributed by atoms with Gasteiger partial charge in [0.25, 0.3) is 0 Å². The van der Waals surface area contributed by atoms with Crippen LogP contribution in [0.1, 0.15) is 94.0 Å². The monoisotopic (exact) mass is 510 g/mol. The molecule has 2 aromatic rings. The van der Waals surface area contributed by atoms with Crippen LogP contribution in [0.5, 0.6) is 23.0 Å². The zero-order chi connectivity index (χ0) is 26.9. The van der Waals surface area contributed by atoms with Crippen molar-refractivity contribution in [1.82, 2.24) is 0 Å². The van der Waals surface area contributed by atoms with Crippen molar-refractivity contribution in [2.24, 2.45) is 0 Å². The van der Waals surface area contributed by atoms with Crippen molar-refractivity contribution in [2.45, 2.75) is 78.1 Å². The Kier molecular flexibility index (Phi) is 13.9. The van der Waals surface area contributed by atoms with Crippen molar-refractivity contribution < 1.29 is 28.5 Å². The van der Waals surface area contributed by atoms with Gasteiger partial charge in [-0.15, -0.1) is 0 Å². The minimum absolute atomic E-state index is 0.210. The van der Waals surface area contributed by atoms with Gasteiger partial charge in [-0.25, -0.2) is 0 Å². The molecule has 6 nitrogen and oxygen atoms in total. The molecule has 0 bridgehead atoms. The van der Waals surface area contributed by atoms with E-state index in [9.17, 15) is 9.59 Å². The molecule has 0 amide bonds. The number of methoxy groups -OCH3 is 2. The fourth-order valence-electron chi connectivity index (χ4n) is 4.02. The van der Waals surface area contributed by atoms with E-state index in [1.807, 2.05) is 6.92 Å². The van der Waals surface area contributed by atoms with Gasteiger partial charge in [0, 0.05) is 24.1 Å². The van der Waals surface area contributed by atoms with E-state index in [-0.39, 0.29) is 11.8 Å². The van der Waals surface area contributed by atoms with Crippen molar-refractivity contribution >= 4 is 17.8 Å². The molecule has 0 aromatic heterocycles. The molecule has 0 atom stereocenters. The summed E-state index contributed by atoms with van der Waals surface area (Å²) in [4.78, 5) is 25.1. The second kappa shape index (κ2) is 17.2. The summed E-state index contributed by atoms with van der Waals surface area (Å²) in [7, 11) is 3.07. The summed E-state index contributed by atoms with van der Waals surface area (Å²) in [5, 5.41) is 0. The first kappa shape index (κ1) is 29.9. The molecule has 0 N–H and O–H groups in total. The topological polar surface area (TPSA) is 71.1 Å². The molecule has 37 heavy (non-hydrogen) atoms. The molecule has 0 radical (unpaired) electrons. The van der Waals surface area contributed by atoms with Gasteiger partial charge in [-0.2, -0.15) is 0 Å². The highest BCUT2D eigenvalue weighted by atomic mass is 16.5. The third kappa shape index (κ3) is 10.7. The lowest BCUT2D eigenvalue weighted by Crippen LogP contribution is -2.08. The van der Waals surface area contributed by atoms with Gasteiger partial charge in [0.2, 0.25) is 0 Å². The summed E-state index contributed by atoms with van der Waals surface area (Å²) in [5.41, 5.74) is 1.14. The summed E-state index contributed by atoms with van der Waals surface area (Å²) < 4.78 is 21.8. The van der Waals surface area contributed by atoms with Crippen LogP contribution in [0, 0.1) is 0 Å². The van der Waals surface area contributed by atoms with Gasteiger partial charge < -0.3 is 18.9 Å². The maximum Gasteiger partial charge on any atom is 0.311 e. The van der Waals surface area contributed by atoms with Crippen molar-refractivity contribution in [1.29, 1.82) is 0 Å². The number of unbranched alkanes of at least 4 members (excludes halogenated alkanes) is 8. The fraction of sp³-hybridized carbons (Fsp3) is 0.484. The highest BCUT2D eigenvalue weighted by Crippen LogP contribution is 2.28. The molecule has 0 heterocycles. The van der Waals surface area contributed by atoms with Crippen molar-refractivity contribution in [3.63, 3.8) is 0 Å². The first-order valence-corrected chi connectivity index (χ1v) is 13.4. The van der Waals surface area contributed by atoms with E-state index in [4.69, 9.17) is 18.9 Å². The average molecular weight is 511 g/mol. The zero-order valence-electron chi connectivity index (χ0n) is 22.8. The lowest BCUT2D eigenvalue weighted by Gasteiger charge is -2.11. The van der Waals surface area contributed by atoms with Crippen molar-refractivity contribution in [2.75, 3.05) is 20.8 Å². The van der Waals surface area contributed by atoms with E-state index < -0.39 is 0 Å². The summed E-state index contributed by atoms with van der Waals surface area (Å²) in [6.45, 7) is 4.55. The number of benzene rings is 2. The maximum atomic E-state index is 12.8. The van der Waals surface area contributed by atoms with Gasteiger partial charge >= 0.3 is 5.97 Å². The summed E-state index contributed by atoms with van der Waals surface area (Å²) in [5.74, 6) is 1.58. The van der Waals surface area contributed by atoms with E-state index >= 15 is 0 Å². The molecule has 202 valence electrons. The van der Waals surface area contributed by atoms with Gasteiger partial charge in [0.15, 0.2) is 5.78 Å². The molecule has 0 spiro atoms. The normalized spacial score (nSPS) is 10.9. The van der Waals surface area contributed by atoms with Crippen LogP contribution in [0.4, 0.5) is 0 Å². The van der Waals surface area contributed by atoms with Crippen LogP contribution in [-0.4, -0.2) is 32.6 Å². The largest absolute Gasteiger partial charge is 0.497 e. The Morgan fingerprint density at radius 1 is 0.757 bits per heavy atom. The zero-order valence-corrected chi connectivity index (χ0v) is 22.8. The van der Waals surface area contributed by atoms with Gasteiger partial charge in [0.1, 0.15) is 23.0 Å². The highest BCUT2D eigenvalue weighted by Gasteiger charge is 2.12. The van der Waals surface area contributed by atoms with Crippen LogP contribution in [0.15, 0.2) is 42.5 Å². The maximum absolute atomic E-state index is 12.8. The Balaban J connectivity index is 1.91. The standard InChI is InChI=1S/C31H42O6/c1-5-7-8-9-10-11-12-13-14-15-31(33)37-26-18-16-24(29(23-26)36-6-2)17-21-28(32)27-20-19-25(34-3)22-30(27)35-4/h16-23H,5-15H2,1-4H3. The number of rotatable bonds is 18. The van der Waals surface area contributed by atoms with E-state index in [1.54, 1.807) is 49.6 Å². The Labute approximate surface area is 222 Å². The van der Waals surface area contributed by atoms with Gasteiger partial charge in [0.05, 0.1) is 26.4 Å². The lowest BCUT2D eigenvalue weighted by atomic mass is 10.1. The number of hydrogen-bond acceptors (Lipinski definition) is 6. The van der Waals surface area contributed by atoms with Crippen molar-refractivity contribution in [3.8, 4) is 23.0 Å². The van der Waals surface area contributed by atoms with Crippen LogP contribution in [0.2, 0.25) is 0 Å². The number of carbonyl (C=O) groups excluding carboxylic acids is 2. The lowest BCUT2D eigenvalue weighted by molar-refractivity contribution is -0.134. The van der Waals surface area contributed by atoms with Crippen LogP contribution in [0.25, 0.3) is 6.08 Å². The molecule has 0 saturated heterocycles. The number of ether oxygens (including phenoxy) is 4. The van der Waals surface area contributed by atoms with Gasteiger partial charge in [-0.05, 0) is 49.8 Å². The van der Waals surface area contributed by atoms with E-state index in [0.717, 1.165) is 19.3 Å². The molecule has 2 rings (SSSR count). The molecule has 0 fully saturated rings. The highest BCUT2D eigenvalue weighted by molar-refractivity contribution is 6.08. The molecule has 0 aliphatic rings. The molecule has 6 heteroatoms. The minimum atomic E-state index is -0.240. The fourth-order valence-corrected chi connectivity index (χ4v) is 4.02. The number of ketones is 1. The number of esters is 1. The first-order chi connectivity index (χ1) is 18.0. The number of hydrogen-bond donors (Lipinski definition) is 0. The first-order valence-electron chi connectivity index (χ1n) is 13.4. The molecule has 0 unspecified atom stereocenters. The number of allylic oxidation sites excluding steroid dienone is 1. The van der Waals surface area contributed by atoms with E-state index in [0.29, 0.717) is 47.2 Å². The summed E-state index contributed by atoms with van der Waals surface area (Å²) >= 11 is 0. The predicted octanol–water partition coefficient (Wildman–Crippen LogP) is 7.82. The van der Waals surface area contributed by atoms with E-state index in [2.05, 4.69) is 6.92 Å². The Bertz CT molecular complexity index is 1010. The third-order valence-corrected chi connectivity index (χ3v) is 6.09. The second-order valence-electron chi connectivity index (χ2n) is 8.95. The molecule has 0 aliphatic carbocycles. The Morgan fingerprint density at radius 2 is 1.41 bits per heavy atom. The summed E-state index contributed by atoms with van der Waals surface area (Å²) in [6, 6.07) is 10.2. The number of carbonyl (C=O) groups is 2. The molecule has 0 aliphatic heterocycles. The van der Waals surface area contributed by atoms with Crippen LogP contribution >= 0.6 is 0 Å². The van der Waals surface area contributed by atoms with Crippen LogP contribution in [-0.2, 0) is 4.79 Å². The summed E-state index contributed by atoms with van der Waals surface area (Å²) in [6.07, 6.45) is 14.4. The molecule has 2 aromatic carbocycles. The second-order valence-corrected chi connectivity index (χ2v) is 8.95. The Morgan fingerprint density at radius 3 is 2.05 bits per heavy atom. The van der Waals surface area contributed by atoms with E-state index in [1.165, 1.54) is 51.7 Å². The van der Waals surface area contributed by atoms with Gasteiger partial charge in [-0.3, -0.25) is 9.59 Å². The van der Waals surface area contributed by atoms with Crippen LogP contribution in [0.3, 0.4) is 0 Å². The molecular weight excluding hydrogens is 468 g/mol. The van der Waals surface area contributed by atoms with Crippen LogP contribution < -0.4 is 18.9 Å². The van der Waals surface area contributed by atoms with Gasteiger partial charge in [-0.1, -0.05) is 58.3 Å². The average Bonchev–Trinajstić information content (AvgIpc) is 2.91. The SMILES string of the molecule is CCCCCCCCCCCC(=O)Oc1ccc(C=CC(=O)c2ccc(OC)cc2OC)c(OCC)c1. The minimum Gasteiger partial charge on any atom is -0.497 e. The Hall–Kier alpha value is -3.28. The smallest absolute Gasteiger partial charge is 0.311 e. The predicted molar refractivity (Wildman–Crippen MR) is 148 cm³/mol. The molecular formula is C31H42O6. The third-order valence-electron chi connectivity index (χ3n) is 6.09. The quantitative estimate of drug-likeness (QED) is 0.0669.